The summed E-state index contributed by atoms with van der Waals surface area (Å²) in [5.41, 5.74) is 0.0438. The maximum Gasteiger partial charge on any atom is 0.340 e. The summed E-state index contributed by atoms with van der Waals surface area (Å²) in [4.78, 5) is 12.9. The Morgan fingerprint density at radius 1 is 1.37 bits per heavy atom. The van der Waals surface area contributed by atoms with Gasteiger partial charge >= 0.3 is 5.97 Å². The van der Waals surface area contributed by atoms with Crippen molar-refractivity contribution in [1.82, 2.24) is 0 Å². The van der Waals surface area contributed by atoms with Crippen LogP contribution in [0.2, 0.25) is 0 Å². The van der Waals surface area contributed by atoms with Crippen molar-refractivity contribution in [3.63, 3.8) is 0 Å². The van der Waals surface area contributed by atoms with Gasteiger partial charge in [-0.2, -0.15) is 0 Å². The number of carboxylic acid groups (broad SMARTS) is 1. The summed E-state index contributed by atoms with van der Waals surface area (Å²) >= 11 is 0. The van der Waals surface area contributed by atoms with E-state index in [0.29, 0.717) is 24.5 Å². The first-order chi connectivity index (χ1) is 9.13. The number of benzene rings is 1. The molecule has 0 atom stereocenters. The lowest BCUT2D eigenvalue weighted by atomic mass is 10.1. The molecule has 0 spiro atoms. The van der Waals surface area contributed by atoms with E-state index >= 15 is 0 Å². The topological polar surface area (TPSA) is 53.7 Å². The number of aromatic carboxylic acids is 1. The molecule has 2 rings (SSSR count). The Kier molecular flexibility index (Phi) is 3.85. The van der Waals surface area contributed by atoms with E-state index in [9.17, 15) is 9.18 Å². The average Bonchev–Trinajstić information content (AvgIpc) is 2.88. The Balaban J connectivity index is 2.38. The van der Waals surface area contributed by atoms with Crippen LogP contribution >= 0.6 is 0 Å². The van der Waals surface area contributed by atoms with Gasteiger partial charge < -0.3 is 14.4 Å². The molecule has 0 aliphatic heterocycles. The molecule has 0 saturated carbocycles. The third-order valence-electron chi connectivity index (χ3n) is 2.85. The van der Waals surface area contributed by atoms with Gasteiger partial charge in [0, 0.05) is 6.54 Å². The lowest BCUT2D eigenvalue weighted by Gasteiger charge is -2.23. The van der Waals surface area contributed by atoms with Gasteiger partial charge in [-0.15, -0.1) is 0 Å². The number of carboxylic acids is 1. The molecule has 1 aromatic carbocycles. The normalized spacial score (nSPS) is 10.4. The van der Waals surface area contributed by atoms with E-state index < -0.39 is 11.8 Å². The van der Waals surface area contributed by atoms with Gasteiger partial charge in [0.2, 0.25) is 0 Å². The molecule has 1 heterocycles. The van der Waals surface area contributed by atoms with Crippen molar-refractivity contribution >= 4 is 11.7 Å². The van der Waals surface area contributed by atoms with Crippen molar-refractivity contribution in [1.29, 1.82) is 0 Å². The van der Waals surface area contributed by atoms with Gasteiger partial charge in [-0.1, -0.05) is 6.07 Å². The highest BCUT2D eigenvalue weighted by Crippen LogP contribution is 2.25. The van der Waals surface area contributed by atoms with Gasteiger partial charge in [0.25, 0.3) is 0 Å². The maximum atomic E-state index is 13.6. The second kappa shape index (κ2) is 5.56. The van der Waals surface area contributed by atoms with Gasteiger partial charge in [0.05, 0.1) is 18.5 Å². The van der Waals surface area contributed by atoms with E-state index in [2.05, 4.69) is 0 Å². The van der Waals surface area contributed by atoms with Crippen LogP contribution in [-0.4, -0.2) is 17.6 Å². The molecule has 0 saturated heterocycles. The molecule has 0 bridgehead atoms. The standard InChI is InChI=1S/C14H14FNO3/c1-2-16(9-10-5-4-8-19-10)12-7-3-6-11(15)13(12)14(17)18/h3-8H,2,9H2,1H3,(H,17,18). The van der Waals surface area contributed by atoms with Crippen LogP contribution in [0.15, 0.2) is 41.0 Å². The zero-order valence-corrected chi connectivity index (χ0v) is 10.5. The number of carbonyl (C=O) groups is 1. The summed E-state index contributed by atoms with van der Waals surface area (Å²) in [7, 11) is 0. The molecule has 100 valence electrons. The van der Waals surface area contributed by atoms with E-state index in [1.54, 1.807) is 29.4 Å². The van der Waals surface area contributed by atoms with Crippen molar-refractivity contribution in [2.45, 2.75) is 13.5 Å². The summed E-state index contributed by atoms with van der Waals surface area (Å²) < 4.78 is 18.9. The summed E-state index contributed by atoms with van der Waals surface area (Å²) in [6.45, 7) is 2.82. The highest BCUT2D eigenvalue weighted by Gasteiger charge is 2.20. The van der Waals surface area contributed by atoms with Crippen LogP contribution < -0.4 is 4.90 Å². The van der Waals surface area contributed by atoms with Gasteiger partial charge in [-0.3, -0.25) is 0 Å². The molecule has 1 N–H and O–H groups in total. The van der Waals surface area contributed by atoms with Crippen LogP contribution in [0.1, 0.15) is 23.0 Å². The fraction of sp³-hybridized carbons (Fsp3) is 0.214. The summed E-state index contributed by atoms with van der Waals surface area (Å²) in [6, 6.07) is 7.80. The minimum atomic E-state index is -1.27. The number of hydrogen-bond acceptors (Lipinski definition) is 3. The Bertz CT molecular complexity index is 566. The van der Waals surface area contributed by atoms with Crippen molar-refractivity contribution in [3.05, 3.63) is 53.7 Å². The van der Waals surface area contributed by atoms with Crippen LogP contribution in [0.25, 0.3) is 0 Å². The SMILES string of the molecule is CCN(Cc1ccco1)c1cccc(F)c1C(=O)O. The number of nitrogens with zero attached hydrogens (tertiary/aromatic N) is 1. The highest BCUT2D eigenvalue weighted by molar-refractivity contribution is 5.94. The second-order valence-corrected chi connectivity index (χ2v) is 4.03. The van der Waals surface area contributed by atoms with E-state index in [1.165, 1.54) is 6.07 Å². The molecule has 0 aliphatic carbocycles. The first kappa shape index (κ1) is 13.1. The fourth-order valence-electron chi connectivity index (χ4n) is 1.95. The van der Waals surface area contributed by atoms with Crippen molar-refractivity contribution < 1.29 is 18.7 Å². The molecule has 2 aromatic rings. The zero-order chi connectivity index (χ0) is 13.8. The predicted molar refractivity (Wildman–Crippen MR) is 68.8 cm³/mol. The Morgan fingerprint density at radius 3 is 2.74 bits per heavy atom. The lowest BCUT2D eigenvalue weighted by molar-refractivity contribution is 0.0692. The van der Waals surface area contributed by atoms with Gasteiger partial charge in [-0.05, 0) is 31.2 Å². The van der Waals surface area contributed by atoms with Crippen LogP contribution in [0.5, 0.6) is 0 Å². The zero-order valence-electron chi connectivity index (χ0n) is 10.5. The van der Waals surface area contributed by atoms with Crippen LogP contribution in [-0.2, 0) is 6.54 Å². The summed E-state index contributed by atoms with van der Waals surface area (Å²) in [5.74, 6) is -1.31. The Labute approximate surface area is 110 Å². The smallest absolute Gasteiger partial charge is 0.340 e. The van der Waals surface area contributed by atoms with Crippen LogP contribution in [0.4, 0.5) is 10.1 Å². The molecular formula is C14H14FNO3. The van der Waals surface area contributed by atoms with E-state index in [0.717, 1.165) is 6.07 Å². The number of rotatable bonds is 5. The van der Waals surface area contributed by atoms with E-state index in [1.807, 2.05) is 6.92 Å². The first-order valence-corrected chi connectivity index (χ1v) is 5.92. The monoisotopic (exact) mass is 263 g/mol. The average molecular weight is 263 g/mol. The van der Waals surface area contributed by atoms with Crippen molar-refractivity contribution in [3.8, 4) is 0 Å². The fourth-order valence-corrected chi connectivity index (χ4v) is 1.95. The van der Waals surface area contributed by atoms with Crippen molar-refractivity contribution in [2.24, 2.45) is 0 Å². The quantitative estimate of drug-likeness (QED) is 0.900. The van der Waals surface area contributed by atoms with E-state index in [4.69, 9.17) is 9.52 Å². The molecule has 0 amide bonds. The molecule has 0 unspecified atom stereocenters. The maximum absolute atomic E-state index is 13.6. The first-order valence-electron chi connectivity index (χ1n) is 5.92. The molecular weight excluding hydrogens is 249 g/mol. The Hall–Kier alpha value is -2.30. The molecule has 1 aromatic heterocycles. The number of hydrogen-bond donors (Lipinski definition) is 1. The van der Waals surface area contributed by atoms with Crippen LogP contribution in [0.3, 0.4) is 0 Å². The number of anilines is 1. The second-order valence-electron chi connectivity index (χ2n) is 4.03. The summed E-state index contributed by atoms with van der Waals surface area (Å²) in [6.07, 6.45) is 1.55. The van der Waals surface area contributed by atoms with E-state index in [-0.39, 0.29) is 5.56 Å². The minimum Gasteiger partial charge on any atom is -0.478 e. The Morgan fingerprint density at radius 2 is 2.16 bits per heavy atom. The summed E-state index contributed by atoms with van der Waals surface area (Å²) in [5, 5.41) is 9.13. The third-order valence-corrected chi connectivity index (χ3v) is 2.85. The lowest BCUT2D eigenvalue weighted by Crippen LogP contribution is -2.24. The molecule has 19 heavy (non-hydrogen) atoms. The molecule has 4 nitrogen and oxygen atoms in total. The molecule has 5 heteroatoms. The van der Waals surface area contributed by atoms with Gasteiger partial charge in [0.15, 0.2) is 0 Å². The largest absolute Gasteiger partial charge is 0.478 e. The number of furan rings is 1. The third kappa shape index (κ3) is 2.76. The van der Waals surface area contributed by atoms with Gasteiger partial charge in [0.1, 0.15) is 17.1 Å². The van der Waals surface area contributed by atoms with Gasteiger partial charge in [-0.25, -0.2) is 9.18 Å². The molecule has 0 aliphatic rings. The predicted octanol–water partition coefficient (Wildman–Crippen LogP) is 3.14. The van der Waals surface area contributed by atoms with Crippen LogP contribution in [0, 0.1) is 5.82 Å². The highest BCUT2D eigenvalue weighted by atomic mass is 19.1. The molecule has 0 fully saturated rings. The molecule has 0 radical (unpaired) electrons. The minimum absolute atomic E-state index is 0.309. The number of halogens is 1. The van der Waals surface area contributed by atoms with Crippen molar-refractivity contribution in [2.75, 3.05) is 11.4 Å².